The lowest BCUT2D eigenvalue weighted by Gasteiger charge is -2.27. The third-order valence-electron chi connectivity index (χ3n) is 6.14. The maximum atomic E-state index is 12.6. The van der Waals surface area contributed by atoms with Gasteiger partial charge in [0.15, 0.2) is 0 Å². The second kappa shape index (κ2) is 7.24. The van der Waals surface area contributed by atoms with E-state index >= 15 is 0 Å². The van der Waals surface area contributed by atoms with Gasteiger partial charge in [-0.25, -0.2) is 0 Å². The van der Waals surface area contributed by atoms with Crippen LogP contribution in [0.4, 0.5) is 0 Å². The van der Waals surface area contributed by atoms with Gasteiger partial charge in [0, 0.05) is 32.1 Å². The molecule has 1 N–H and O–H groups in total. The van der Waals surface area contributed by atoms with Crippen LogP contribution in [0.5, 0.6) is 0 Å². The number of hydrogen-bond donors (Lipinski definition) is 1. The summed E-state index contributed by atoms with van der Waals surface area (Å²) in [6.45, 7) is 5.24. The van der Waals surface area contributed by atoms with Crippen LogP contribution in [0, 0.1) is 17.8 Å². The van der Waals surface area contributed by atoms with Crippen molar-refractivity contribution in [3.8, 4) is 0 Å². The molecule has 4 rings (SSSR count). The molecule has 4 heteroatoms. The van der Waals surface area contributed by atoms with E-state index in [4.69, 9.17) is 4.74 Å². The maximum absolute atomic E-state index is 12.6. The zero-order valence-electron chi connectivity index (χ0n) is 14.4. The zero-order chi connectivity index (χ0) is 16.4. The van der Waals surface area contributed by atoms with Gasteiger partial charge in [-0.1, -0.05) is 30.7 Å². The van der Waals surface area contributed by atoms with Gasteiger partial charge in [0.05, 0.1) is 13.2 Å². The first-order valence-corrected chi connectivity index (χ1v) is 9.44. The first-order chi connectivity index (χ1) is 11.8. The Morgan fingerprint density at radius 3 is 2.62 bits per heavy atom. The van der Waals surface area contributed by atoms with Gasteiger partial charge in [-0.15, -0.1) is 0 Å². The fourth-order valence-corrected chi connectivity index (χ4v) is 4.76. The number of morpholine rings is 1. The highest BCUT2D eigenvalue weighted by molar-refractivity contribution is 5.79. The van der Waals surface area contributed by atoms with Crippen molar-refractivity contribution < 1.29 is 9.53 Å². The second-order valence-corrected chi connectivity index (χ2v) is 7.66. The van der Waals surface area contributed by atoms with Gasteiger partial charge < -0.3 is 10.1 Å². The van der Waals surface area contributed by atoms with Crippen LogP contribution < -0.4 is 5.32 Å². The lowest BCUT2D eigenvalue weighted by Crippen LogP contribution is -2.36. The molecule has 4 nitrogen and oxygen atoms in total. The second-order valence-electron chi connectivity index (χ2n) is 7.66. The molecule has 1 aromatic rings. The monoisotopic (exact) mass is 328 g/mol. The molecule has 1 aliphatic heterocycles. The molecule has 3 unspecified atom stereocenters. The number of fused-ring (bicyclic) bond motifs is 2. The van der Waals surface area contributed by atoms with Gasteiger partial charge >= 0.3 is 0 Å². The van der Waals surface area contributed by atoms with Crippen LogP contribution >= 0.6 is 0 Å². The molecule has 24 heavy (non-hydrogen) atoms. The van der Waals surface area contributed by atoms with Crippen molar-refractivity contribution in [1.82, 2.24) is 10.2 Å². The molecule has 130 valence electrons. The smallest absolute Gasteiger partial charge is 0.223 e. The molecule has 2 aliphatic carbocycles. The normalized spacial score (nSPS) is 29.8. The maximum Gasteiger partial charge on any atom is 0.223 e. The molecular weight excluding hydrogens is 300 g/mol. The Labute approximate surface area is 144 Å². The zero-order valence-corrected chi connectivity index (χ0v) is 14.4. The van der Waals surface area contributed by atoms with Crippen LogP contribution in [0.25, 0.3) is 0 Å². The van der Waals surface area contributed by atoms with Crippen molar-refractivity contribution in [2.45, 2.75) is 38.8 Å². The van der Waals surface area contributed by atoms with Gasteiger partial charge in [-0.3, -0.25) is 9.69 Å². The summed E-state index contributed by atoms with van der Waals surface area (Å²) in [5, 5.41) is 3.22. The third-order valence-corrected chi connectivity index (χ3v) is 6.14. The topological polar surface area (TPSA) is 41.6 Å². The Balaban J connectivity index is 1.35. The van der Waals surface area contributed by atoms with Crippen molar-refractivity contribution in [1.29, 1.82) is 0 Å². The van der Waals surface area contributed by atoms with E-state index in [0.29, 0.717) is 12.5 Å². The van der Waals surface area contributed by atoms with Gasteiger partial charge in [0.2, 0.25) is 5.91 Å². The van der Waals surface area contributed by atoms with E-state index in [-0.39, 0.29) is 11.8 Å². The highest BCUT2D eigenvalue weighted by Gasteiger charge is 2.42. The van der Waals surface area contributed by atoms with Crippen molar-refractivity contribution in [2.75, 3.05) is 26.3 Å². The van der Waals surface area contributed by atoms with Gasteiger partial charge in [0.25, 0.3) is 0 Å². The molecule has 1 heterocycles. The van der Waals surface area contributed by atoms with E-state index < -0.39 is 0 Å². The number of nitrogens with one attached hydrogen (secondary N) is 1. The number of amides is 1. The van der Waals surface area contributed by atoms with Gasteiger partial charge in [-0.2, -0.15) is 0 Å². The Morgan fingerprint density at radius 1 is 1.12 bits per heavy atom. The minimum atomic E-state index is 0.273. The number of hydrogen-bond acceptors (Lipinski definition) is 3. The molecule has 2 bridgehead atoms. The van der Waals surface area contributed by atoms with Crippen molar-refractivity contribution >= 4 is 5.91 Å². The average Bonchev–Trinajstić information content (AvgIpc) is 3.25. The Bertz CT molecular complexity index is 583. The number of benzene rings is 1. The fraction of sp³-hybridized carbons (Fsp3) is 0.650. The van der Waals surface area contributed by atoms with Crippen molar-refractivity contribution in [3.05, 3.63) is 35.4 Å². The van der Waals surface area contributed by atoms with Crippen LogP contribution in [0.15, 0.2) is 24.3 Å². The van der Waals surface area contributed by atoms with Crippen LogP contribution in [0.3, 0.4) is 0 Å². The molecular formula is C20H28N2O2. The van der Waals surface area contributed by atoms with Gasteiger partial charge in [0.1, 0.15) is 0 Å². The van der Waals surface area contributed by atoms with E-state index in [1.54, 1.807) is 0 Å². The Hall–Kier alpha value is -1.39. The van der Waals surface area contributed by atoms with Crippen LogP contribution in [0.2, 0.25) is 0 Å². The minimum absolute atomic E-state index is 0.273. The summed E-state index contributed by atoms with van der Waals surface area (Å²) in [6, 6.07) is 8.50. The predicted octanol–water partition coefficient (Wildman–Crippen LogP) is 2.57. The van der Waals surface area contributed by atoms with E-state index in [1.165, 1.54) is 30.4 Å². The van der Waals surface area contributed by atoms with E-state index in [2.05, 4.69) is 34.5 Å². The predicted molar refractivity (Wildman–Crippen MR) is 93.3 cm³/mol. The molecule has 3 aliphatic rings. The highest BCUT2D eigenvalue weighted by atomic mass is 16.5. The highest BCUT2D eigenvalue weighted by Crippen LogP contribution is 2.48. The summed E-state index contributed by atoms with van der Waals surface area (Å²) in [5.41, 5.74) is 2.58. The molecule has 3 atom stereocenters. The van der Waals surface area contributed by atoms with Crippen molar-refractivity contribution in [2.24, 2.45) is 17.8 Å². The lowest BCUT2D eigenvalue weighted by atomic mass is 9.88. The largest absolute Gasteiger partial charge is 0.379 e. The molecule has 3 fully saturated rings. The van der Waals surface area contributed by atoms with Crippen LogP contribution in [0.1, 0.15) is 36.8 Å². The molecule has 2 saturated carbocycles. The number of nitrogens with zero attached hydrogens (tertiary/aromatic N) is 1. The summed E-state index contributed by atoms with van der Waals surface area (Å²) in [4.78, 5) is 15.0. The number of rotatable bonds is 5. The minimum Gasteiger partial charge on any atom is -0.379 e. The summed E-state index contributed by atoms with van der Waals surface area (Å²) in [6.07, 6.45) is 5.00. The summed E-state index contributed by atoms with van der Waals surface area (Å²) >= 11 is 0. The van der Waals surface area contributed by atoms with E-state index in [9.17, 15) is 4.79 Å². The summed E-state index contributed by atoms with van der Waals surface area (Å²) in [7, 11) is 0. The van der Waals surface area contributed by atoms with E-state index in [1.807, 2.05) is 0 Å². The number of ether oxygens (including phenoxy) is 1. The molecule has 0 aromatic heterocycles. The fourth-order valence-electron chi connectivity index (χ4n) is 4.76. The third kappa shape index (κ3) is 3.50. The Morgan fingerprint density at radius 2 is 1.92 bits per heavy atom. The van der Waals surface area contributed by atoms with E-state index in [0.717, 1.165) is 45.2 Å². The molecule has 0 radical (unpaired) electrons. The van der Waals surface area contributed by atoms with Gasteiger partial charge in [-0.05, 0) is 42.2 Å². The number of carbonyl (C=O) groups excluding carboxylic acids is 1. The summed E-state index contributed by atoms with van der Waals surface area (Å²) in [5.74, 6) is 2.02. The Kier molecular flexibility index (Phi) is 4.86. The molecule has 1 aromatic carbocycles. The molecule has 1 amide bonds. The average molecular weight is 328 g/mol. The summed E-state index contributed by atoms with van der Waals surface area (Å²) < 4.78 is 5.43. The number of carbonyl (C=O) groups is 1. The first-order valence-electron chi connectivity index (χ1n) is 9.44. The quantitative estimate of drug-likeness (QED) is 0.903. The standard InChI is InChI=1S/C20H28N2O2/c23-20(19-12-15-5-6-16(19)11-15)21-13-17-3-1-2-4-18(17)14-22-7-9-24-10-8-22/h1-4,15-16,19H,5-14H2,(H,21,23). The van der Waals surface area contributed by atoms with Crippen LogP contribution in [-0.4, -0.2) is 37.1 Å². The molecule has 0 spiro atoms. The lowest BCUT2D eigenvalue weighted by molar-refractivity contribution is -0.126. The first kappa shape index (κ1) is 16.1. The SMILES string of the molecule is O=C(NCc1ccccc1CN1CCOCC1)C1CC2CCC1C2. The molecule has 1 saturated heterocycles. The van der Waals surface area contributed by atoms with Crippen molar-refractivity contribution in [3.63, 3.8) is 0 Å². The van der Waals surface area contributed by atoms with Crippen LogP contribution in [-0.2, 0) is 22.6 Å².